The van der Waals surface area contributed by atoms with Gasteiger partial charge in [0.05, 0.1) is 17.9 Å². The lowest BCUT2D eigenvalue weighted by molar-refractivity contribution is -0.164. The van der Waals surface area contributed by atoms with Gasteiger partial charge in [-0.05, 0) is 28.8 Å². The van der Waals surface area contributed by atoms with E-state index < -0.39 is 70.3 Å². The quantitative estimate of drug-likeness (QED) is 0.111. The number of β-lactam (4-membered cyclic amide) rings is 1. The first-order chi connectivity index (χ1) is 21.7. The van der Waals surface area contributed by atoms with E-state index in [-0.39, 0.29) is 23.5 Å². The smallest absolute Gasteiger partial charge is 0.333 e. The van der Waals surface area contributed by atoms with Gasteiger partial charge in [-0.15, -0.1) is 0 Å². The molecule has 12 heteroatoms. The van der Waals surface area contributed by atoms with Gasteiger partial charge in [-0.25, -0.2) is 4.79 Å². The monoisotopic (exact) mass is 630 g/mol. The molecule has 0 aliphatic carbocycles. The van der Waals surface area contributed by atoms with Gasteiger partial charge in [-0.2, -0.15) is 0 Å². The molecule has 0 aromatic heterocycles. The number of amides is 2. The van der Waals surface area contributed by atoms with Crippen LogP contribution in [0.25, 0.3) is 0 Å². The summed E-state index contributed by atoms with van der Waals surface area (Å²) in [6.45, 7) is 3.19. The number of ketones is 1. The fourth-order valence-electron chi connectivity index (χ4n) is 5.16. The van der Waals surface area contributed by atoms with E-state index in [2.05, 4.69) is 11.9 Å². The van der Waals surface area contributed by atoms with E-state index in [1.807, 2.05) is 0 Å². The van der Waals surface area contributed by atoms with Crippen molar-refractivity contribution in [3.05, 3.63) is 114 Å². The average molecular weight is 631 g/mol. The highest BCUT2D eigenvalue weighted by Crippen LogP contribution is 2.35. The molecule has 2 amide bonds. The summed E-state index contributed by atoms with van der Waals surface area (Å²) in [5.41, 5.74) is 1.55. The lowest BCUT2D eigenvalue weighted by Crippen LogP contribution is -2.77. The van der Waals surface area contributed by atoms with Crippen molar-refractivity contribution in [3.8, 4) is 5.75 Å². The number of nitrogens with one attached hydrogen (secondary N) is 1. The van der Waals surface area contributed by atoms with Crippen LogP contribution in [-0.4, -0.2) is 75.6 Å². The van der Waals surface area contributed by atoms with Gasteiger partial charge in [0.15, 0.2) is 24.3 Å². The van der Waals surface area contributed by atoms with Crippen LogP contribution < -0.4 is 10.1 Å². The zero-order valence-corrected chi connectivity index (χ0v) is 25.1. The molecule has 232 valence electrons. The first-order valence-corrected chi connectivity index (χ1v) is 15.3. The Labute approximate surface area is 261 Å². The molecule has 2 aliphatic heterocycles. The van der Waals surface area contributed by atoms with Gasteiger partial charge < -0.3 is 24.4 Å². The Morgan fingerprint density at radius 2 is 1.60 bits per heavy atom. The van der Waals surface area contributed by atoms with E-state index in [1.165, 1.54) is 19.2 Å². The summed E-state index contributed by atoms with van der Waals surface area (Å²) < 4.78 is 28.9. The number of esters is 2. The van der Waals surface area contributed by atoms with Crippen LogP contribution in [0.5, 0.6) is 5.75 Å². The Morgan fingerprint density at radius 3 is 2.24 bits per heavy atom. The first kappa shape index (κ1) is 31.3. The minimum absolute atomic E-state index is 0.0732. The molecule has 5 rings (SSSR count). The number of hydrogen-bond donors (Lipinski definition) is 1. The lowest BCUT2D eigenvalue weighted by Gasteiger charge is -2.52. The third kappa shape index (κ3) is 6.70. The van der Waals surface area contributed by atoms with E-state index in [1.54, 1.807) is 72.8 Å². The molecule has 2 heterocycles. The van der Waals surface area contributed by atoms with E-state index in [0.717, 1.165) is 4.90 Å². The molecule has 3 aromatic carbocycles. The molecular weight excluding hydrogens is 600 g/mol. The van der Waals surface area contributed by atoms with Crippen molar-refractivity contribution in [2.24, 2.45) is 0 Å². The second-order valence-electron chi connectivity index (χ2n) is 10.4. The van der Waals surface area contributed by atoms with Gasteiger partial charge in [-0.3, -0.25) is 23.4 Å². The van der Waals surface area contributed by atoms with Crippen molar-refractivity contribution in [2.75, 3.05) is 19.5 Å². The minimum atomic E-state index is -1.70. The maximum Gasteiger partial charge on any atom is 0.333 e. The summed E-state index contributed by atoms with van der Waals surface area (Å²) in [7, 11) is -0.163. The van der Waals surface area contributed by atoms with Crippen molar-refractivity contribution in [1.82, 2.24) is 10.2 Å². The summed E-state index contributed by atoms with van der Waals surface area (Å²) in [5, 5.41) is 1.49. The van der Waals surface area contributed by atoms with Gasteiger partial charge in [0, 0.05) is 11.3 Å². The summed E-state index contributed by atoms with van der Waals surface area (Å²) >= 11 is 0. The van der Waals surface area contributed by atoms with Gasteiger partial charge in [0.1, 0.15) is 23.8 Å². The number of rotatable bonds is 11. The van der Waals surface area contributed by atoms with Gasteiger partial charge in [0.2, 0.25) is 11.8 Å². The van der Waals surface area contributed by atoms with Crippen LogP contribution in [0.3, 0.4) is 0 Å². The van der Waals surface area contributed by atoms with E-state index in [4.69, 9.17) is 14.2 Å². The first-order valence-electron chi connectivity index (χ1n) is 14.0. The zero-order valence-electron chi connectivity index (χ0n) is 24.3. The van der Waals surface area contributed by atoms with Crippen LogP contribution in [-0.2, 0) is 46.1 Å². The lowest BCUT2D eigenvalue weighted by atomic mass is 9.95. The second-order valence-corrected chi connectivity index (χ2v) is 11.9. The highest BCUT2D eigenvalue weighted by molar-refractivity contribution is 7.86. The van der Waals surface area contributed by atoms with Gasteiger partial charge >= 0.3 is 11.9 Å². The Bertz CT molecular complexity index is 1640. The number of ether oxygens (including phenoxy) is 3. The van der Waals surface area contributed by atoms with E-state index in [9.17, 15) is 28.2 Å². The number of benzene rings is 3. The van der Waals surface area contributed by atoms with Crippen molar-refractivity contribution in [3.63, 3.8) is 0 Å². The second kappa shape index (κ2) is 13.7. The van der Waals surface area contributed by atoms with Crippen LogP contribution in [0.4, 0.5) is 0 Å². The third-order valence-electron chi connectivity index (χ3n) is 7.47. The number of carbonyl (C=O) groups excluding carboxylic acids is 5. The molecule has 0 radical (unpaired) electrons. The fourth-order valence-corrected chi connectivity index (χ4v) is 6.82. The predicted molar refractivity (Wildman–Crippen MR) is 162 cm³/mol. The summed E-state index contributed by atoms with van der Waals surface area (Å²) in [4.78, 5) is 66.8. The Hall–Kier alpha value is -5.10. The third-order valence-corrected chi connectivity index (χ3v) is 9.17. The number of nitrogens with zero attached hydrogens (tertiary/aromatic N) is 1. The Kier molecular flexibility index (Phi) is 9.53. The molecule has 0 bridgehead atoms. The summed E-state index contributed by atoms with van der Waals surface area (Å²) in [6.07, 6.45) is 0. The van der Waals surface area contributed by atoms with Crippen LogP contribution in [0.2, 0.25) is 0 Å². The molecule has 1 N–H and O–H groups in total. The topological polar surface area (TPSA) is 145 Å². The fraction of sp³-hybridized carbons (Fsp3) is 0.242. The molecule has 11 nitrogen and oxygen atoms in total. The Balaban J connectivity index is 1.27. The number of methoxy groups -OCH3 is 1. The number of Topliss-reactive ketones (excluding diaryl/α,β-unsaturated/α-hetero) is 1. The van der Waals surface area contributed by atoms with Crippen LogP contribution in [0.15, 0.2) is 97.1 Å². The standard InChI is InChI=1S/C33H30N2O9S/c1-20-19-45(41)31-27(30(38)35(31)28(20)33(40)43-17-21-13-15-24(42-2)16-14-21)34-29(37)26(23-11-7-4-8-12-23)32(39)44-18-25(36)22-9-5-3-6-10-22/h3-16,26-28,31H,1,17-19H2,2H3,(H,34,37)/t26?,27?,28?,31-,45?/m1/s1. The van der Waals surface area contributed by atoms with Gasteiger partial charge in [0.25, 0.3) is 0 Å². The largest absolute Gasteiger partial charge is 0.497 e. The molecule has 5 atom stereocenters. The molecule has 0 saturated carbocycles. The SMILES string of the molecule is C=C1CS(=O)[C@@H]2C(NC(=O)C(C(=O)OCC(=O)c3ccccc3)c3ccccc3)C(=O)N2C1C(=O)OCc1ccc(OC)cc1. The maximum absolute atomic E-state index is 13.5. The number of hydrogen-bond acceptors (Lipinski definition) is 9. The normalized spacial score (nSPS) is 21.0. The Morgan fingerprint density at radius 1 is 0.956 bits per heavy atom. The molecule has 45 heavy (non-hydrogen) atoms. The molecule has 3 aromatic rings. The summed E-state index contributed by atoms with van der Waals surface area (Å²) in [6, 6.07) is 20.7. The van der Waals surface area contributed by atoms with Gasteiger partial charge in [-0.1, -0.05) is 79.4 Å². The molecule has 0 spiro atoms. The van der Waals surface area contributed by atoms with Crippen molar-refractivity contribution >= 4 is 40.3 Å². The zero-order chi connectivity index (χ0) is 32.1. The number of fused-ring (bicyclic) bond motifs is 1. The minimum Gasteiger partial charge on any atom is -0.497 e. The highest BCUT2D eigenvalue weighted by atomic mass is 32.2. The molecule has 4 unspecified atom stereocenters. The molecular formula is C33H30N2O9S. The molecule has 2 fully saturated rings. The summed E-state index contributed by atoms with van der Waals surface area (Å²) in [5.74, 6) is -4.72. The maximum atomic E-state index is 13.5. The molecule has 2 aliphatic rings. The predicted octanol–water partition coefficient (Wildman–Crippen LogP) is 2.29. The van der Waals surface area contributed by atoms with E-state index in [0.29, 0.717) is 16.9 Å². The van der Waals surface area contributed by atoms with Crippen LogP contribution in [0.1, 0.15) is 27.4 Å². The van der Waals surface area contributed by atoms with E-state index >= 15 is 0 Å². The highest BCUT2D eigenvalue weighted by Gasteiger charge is 2.59. The van der Waals surface area contributed by atoms with Crippen molar-refractivity contribution in [2.45, 2.75) is 30.0 Å². The van der Waals surface area contributed by atoms with Crippen molar-refractivity contribution < 1.29 is 42.4 Å². The average Bonchev–Trinajstić information content (AvgIpc) is 3.06. The van der Waals surface area contributed by atoms with Crippen LogP contribution in [0, 0.1) is 0 Å². The molecule has 2 saturated heterocycles. The van der Waals surface area contributed by atoms with Crippen LogP contribution >= 0.6 is 0 Å². The number of carbonyl (C=O) groups is 5. The van der Waals surface area contributed by atoms with Crippen molar-refractivity contribution in [1.29, 1.82) is 0 Å².